The summed E-state index contributed by atoms with van der Waals surface area (Å²) in [5, 5.41) is 0. The summed E-state index contributed by atoms with van der Waals surface area (Å²) < 4.78 is 0. The van der Waals surface area contributed by atoms with E-state index in [2.05, 4.69) is 272 Å². The number of benzene rings is 10. The van der Waals surface area contributed by atoms with E-state index in [1.807, 2.05) is 0 Å². The number of hydrogen-bond donors (Lipinski definition) is 0. The highest BCUT2D eigenvalue weighted by atomic mass is 15.1. The van der Waals surface area contributed by atoms with Gasteiger partial charge in [0.25, 0.3) is 0 Å². The van der Waals surface area contributed by atoms with Crippen molar-refractivity contribution in [1.82, 2.24) is 0 Å². The van der Waals surface area contributed by atoms with Crippen LogP contribution in [-0.2, 0) is 5.41 Å². The van der Waals surface area contributed by atoms with E-state index in [9.17, 15) is 0 Å². The van der Waals surface area contributed by atoms with Crippen LogP contribution < -0.4 is 9.80 Å². The van der Waals surface area contributed by atoms with Crippen LogP contribution in [0, 0.1) is 0 Å². The number of nitrogens with zero attached hydrogens (tertiary/aromatic N) is 2. The molecule has 0 amide bonds. The Bertz CT molecular complexity index is 3390. The van der Waals surface area contributed by atoms with Crippen LogP contribution in [0.15, 0.2) is 249 Å². The molecule has 0 unspecified atom stereocenters. The molecule has 2 aliphatic carbocycles. The first-order chi connectivity index (χ1) is 35.0. The summed E-state index contributed by atoms with van der Waals surface area (Å²) in [6, 6.07) is 91.8. The summed E-state index contributed by atoms with van der Waals surface area (Å²) in [6.45, 7) is 4.75. The van der Waals surface area contributed by atoms with Gasteiger partial charge in [0.2, 0.25) is 0 Å². The zero-order valence-corrected chi connectivity index (χ0v) is 40.7. The van der Waals surface area contributed by atoms with Gasteiger partial charge in [0.05, 0.1) is 0 Å². The van der Waals surface area contributed by atoms with Gasteiger partial charge < -0.3 is 9.80 Å². The van der Waals surface area contributed by atoms with Crippen LogP contribution in [-0.4, -0.2) is 0 Å². The van der Waals surface area contributed by atoms with E-state index < -0.39 is 0 Å². The molecular weight excluding hydrogens is 857 g/mol. The van der Waals surface area contributed by atoms with Gasteiger partial charge in [0, 0.05) is 39.5 Å². The third-order valence-corrected chi connectivity index (χ3v) is 15.3. The highest BCUT2D eigenvalue weighted by Crippen LogP contribution is 2.51. The second kappa shape index (κ2) is 18.9. The second-order valence-electron chi connectivity index (χ2n) is 19.9. The maximum Gasteiger partial charge on any atom is 0.0465 e. The lowest BCUT2D eigenvalue weighted by atomic mass is 9.82. The van der Waals surface area contributed by atoms with Gasteiger partial charge >= 0.3 is 0 Å². The zero-order chi connectivity index (χ0) is 47.7. The van der Waals surface area contributed by atoms with E-state index in [1.165, 1.54) is 116 Å². The summed E-state index contributed by atoms with van der Waals surface area (Å²) in [5.41, 5.74) is 23.1. The highest BCUT2D eigenvalue weighted by molar-refractivity contribution is 5.96. The normalized spacial score (nSPS) is 13.8. The van der Waals surface area contributed by atoms with Crippen molar-refractivity contribution in [3.05, 3.63) is 265 Å². The van der Waals surface area contributed by atoms with Crippen LogP contribution in [0.2, 0.25) is 0 Å². The SMILES string of the molecule is CC1(C)c2ccccc2-c2ccc(N(c3ccc(-c4cc(-c5ccccc5)c(-c5ccc(N(c6ccccc6)c6ccccc6)cc5)cc4-c4ccccc4)cc3)c3ccc(C4CCCCC4)cc3)cc21. The average Bonchev–Trinajstić information content (AvgIpc) is 3.67. The Hall–Kier alpha value is -8.20. The molecule has 0 N–H and O–H groups in total. The van der Waals surface area contributed by atoms with E-state index in [0.29, 0.717) is 5.92 Å². The molecule has 2 heteroatoms. The van der Waals surface area contributed by atoms with E-state index in [1.54, 1.807) is 0 Å². The standard InChI is InChI=1S/C69H58N2/c1-69(2)67-31-19-18-30-61(67)62-45-44-60(46-68(62)69)71(58-38-32-50(33-39-58)49-20-8-3-9-21-49)59-42-36-54(37-43-59)66-48-63(51-22-10-4-11-23-51)65(47-64(66)52-24-12-5-13-25-52)53-34-40-57(41-35-53)70(55-26-14-6-15-27-55)56-28-16-7-17-29-56/h4-7,10-19,22-49H,3,8-9,20-21H2,1-2H3. The molecule has 2 nitrogen and oxygen atoms in total. The smallest absolute Gasteiger partial charge is 0.0465 e. The Morgan fingerprint density at radius 2 is 0.662 bits per heavy atom. The molecule has 0 heterocycles. The first kappa shape index (κ1) is 44.0. The third kappa shape index (κ3) is 8.44. The molecule has 0 spiro atoms. The molecule has 2 aliphatic rings. The fraction of sp³-hybridized carbons (Fsp3) is 0.130. The summed E-state index contributed by atoms with van der Waals surface area (Å²) in [7, 11) is 0. The minimum atomic E-state index is -0.106. The van der Waals surface area contributed by atoms with Gasteiger partial charge in [-0.05, 0) is 176 Å². The van der Waals surface area contributed by atoms with Crippen LogP contribution in [0.25, 0.3) is 55.6 Å². The van der Waals surface area contributed by atoms with Crippen molar-refractivity contribution in [2.75, 3.05) is 9.80 Å². The molecule has 0 radical (unpaired) electrons. The maximum absolute atomic E-state index is 2.46. The van der Waals surface area contributed by atoms with Gasteiger partial charge in [0.15, 0.2) is 0 Å². The molecule has 10 aromatic carbocycles. The molecule has 344 valence electrons. The topological polar surface area (TPSA) is 6.48 Å². The molecule has 0 saturated heterocycles. The van der Waals surface area contributed by atoms with Crippen molar-refractivity contribution >= 4 is 34.1 Å². The van der Waals surface area contributed by atoms with Crippen molar-refractivity contribution < 1.29 is 0 Å². The summed E-state index contributed by atoms with van der Waals surface area (Å²) in [6.07, 6.45) is 6.60. The Balaban J connectivity index is 0.969. The largest absolute Gasteiger partial charge is 0.311 e. The first-order valence-corrected chi connectivity index (χ1v) is 25.5. The highest BCUT2D eigenvalue weighted by Gasteiger charge is 2.36. The number of para-hydroxylation sites is 2. The summed E-state index contributed by atoms with van der Waals surface area (Å²) in [4.78, 5) is 4.78. The third-order valence-electron chi connectivity index (χ3n) is 15.3. The molecule has 0 atom stereocenters. The molecule has 0 aromatic heterocycles. The summed E-state index contributed by atoms with van der Waals surface area (Å²) in [5.74, 6) is 0.653. The first-order valence-electron chi connectivity index (χ1n) is 25.5. The zero-order valence-electron chi connectivity index (χ0n) is 40.7. The lowest BCUT2D eigenvalue weighted by Gasteiger charge is -2.29. The maximum atomic E-state index is 2.46. The Morgan fingerprint density at radius 3 is 1.15 bits per heavy atom. The van der Waals surface area contributed by atoms with Gasteiger partial charge in [-0.1, -0.05) is 197 Å². The molecular formula is C69H58N2. The quantitative estimate of drug-likeness (QED) is 0.128. The Kier molecular flexibility index (Phi) is 11.8. The van der Waals surface area contributed by atoms with E-state index in [4.69, 9.17) is 0 Å². The van der Waals surface area contributed by atoms with Gasteiger partial charge in [-0.15, -0.1) is 0 Å². The molecule has 1 saturated carbocycles. The van der Waals surface area contributed by atoms with Crippen LogP contribution in [0.3, 0.4) is 0 Å². The van der Waals surface area contributed by atoms with Crippen molar-refractivity contribution in [3.63, 3.8) is 0 Å². The monoisotopic (exact) mass is 914 g/mol. The van der Waals surface area contributed by atoms with Gasteiger partial charge in [-0.3, -0.25) is 0 Å². The lowest BCUT2D eigenvalue weighted by molar-refractivity contribution is 0.443. The van der Waals surface area contributed by atoms with Crippen LogP contribution in [0.4, 0.5) is 34.1 Å². The molecule has 12 rings (SSSR count). The lowest BCUT2D eigenvalue weighted by Crippen LogP contribution is -2.16. The van der Waals surface area contributed by atoms with E-state index in [-0.39, 0.29) is 5.41 Å². The Morgan fingerprint density at radius 1 is 0.296 bits per heavy atom. The van der Waals surface area contributed by atoms with E-state index >= 15 is 0 Å². The van der Waals surface area contributed by atoms with E-state index in [0.717, 1.165) is 22.7 Å². The van der Waals surface area contributed by atoms with Crippen molar-refractivity contribution in [3.8, 4) is 55.6 Å². The summed E-state index contributed by atoms with van der Waals surface area (Å²) >= 11 is 0. The van der Waals surface area contributed by atoms with Crippen molar-refractivity contribution in [1.29, 1.82) is 0 Å². The molecule has 0 bridgehead atoms. The van der Waals surface area contributed by atoms with Gasteiger partial charge in [0.1, 0.15) is 0 Å². The average molecular weight is 915 g/mol. The predicted octanol–water partition coefficient (Wildman–Crippen LogP) is 19.6. The minimum absolute atomic E-state index is 0.106. The fourth-order valence-electron chi connectivity index (χ4n) is 11.6. The van der Waals surface area contributed by atoms with Crippen molar-refractivity contribution in [2.24, 2.45) is 0 Å². The van der Waals surface area contributed by atoms with Crippen LogP contribution in [0.1, 0.15) is 68.6 Å². The Labute approximate surface area is 420 Å². The van der Waals surface area contributed by atoms with Gasteiger partial charge in [-0.2, -0.15) is 0 Å². The number of anilines is 6. The number of rotatable bonds is 11. The minimum Gasteiger partial charge on any atom is -0.311 e. The van der Waals surface area contributed by atoms with Crippen LogP contribution in [0.5, 0.6) is 0 Å². The fourth-order valence-corrected chi connectivity index (χ4v) is 11.6. The molecule has 71 heavy (non-hydrogen) atoms. The second-order valence-corrected chi connectivity index (χ2v) is 19.9. The number of hydrogen-bond acceptors (Lipinski definition) is 2. The van der Waals surface area contributed by atoms with Gasteiger partial charge in [-0.25, -0.2) is 0 Å². The van der Waals surface area contributed by atoms with Crippen molar-refractivity contribution in [2.45, 2.75) is 57.3 Å². The molecule has 1 fully saturated rings. The molecule has 10 aromatic rings. The van der Waals surface area contributed by atoms with Crippen LogP contribution >= 0.6 is 0 Å². The predicted molar refractivity (Wildman–Crippen MR) is 301 cm³/mol. The molecule has 0 aliphatic heterocycles. The number of fused-ring (bicyclic) bond motifs is 3.